The van der Waals surface area contributed by atoms with Crippen molar-refractivity contribution in [2.75, 3.05) is 18.4 Å². The van der Waals surface area contributed by atoms with Crippen LogP contribution in [-0.4, -0.2) is 27.4 Å². The maximum atomic E-state index is 12.1. The Morgan fingerprint density at radius 1 is 1.33 bits per heavy atom. The van der Waals surface area contributed by atoms with Crippen molar-refractivity contribution in [3.63, 3.8) is 0 Å². The van der Waals surface area contributed by atoms with E-state index in [0.717, 1.165) is 0 Å². The summed E-state index contributed by atoms with van der Waals surface area (Å²) in [5.74, 6) is 0.0472. The molecule has 0 spiro atoms. The van der Waals surface area contributed by atoms with E-state index in [1.54, 1.807) is 25.1 Å². The number of hydrogen-bond donors (Lipinski definition) is 3. The fraction of sp³-hybridized carbons (Fsp3) is 0.500. The first-order chi connectivity index (χ1) is 9.90. The summed E-state index contributed by atoms with van der Waals surface area (Å²) in [5.41, 5.74) is 5.80. The van der Waals surface area contributed by atoms with E-state index in [1.807, 2.05) is 6.92 Å². The smallest absolute Gasteiger partial charge is 0.242 e. The summed E-state index contributed by atoms with van der Waals surface area (Å²) in [5, 5.41) is 2.66. The average Bonchev–Trinajstić information content (AvgIpc) is 2.45. The van der Waals surface area contributed by atoms with Crippen LogP contribution in [0.25, 0.3) is 0 Å². The number of rotatable bonds is 8. The van der Waals surface area contributed by atoms with E-state index in [0.29, 0.717) is 31.6 Å². The van der Waals surface area contributed by atoms with E-state index in [1.165, 1.54) is 6.07 Å². The molecule has 0 aliphatic carbocycles. The molecule has 1 aromatic carbocycles. The number of nitrogens with one attached hydrogen (secondary N) is 2. The zero-order chi connectivity index (χ0) is 15.9. The summed E-state index contributed by atoms with van der Waals surface area (Å²) in [6.45, 7) is 4.49. The Morgan fingerprint density at radius 3 is 2.62 bits per heavy atom. The van der Waals surface area contributed by atoms with Crippen LogP contribution >= 0.6 is 0 Å². The van der Waals surface area contributed by atoms with Crippen molar-refractivity contribution in [1.82, 2.24) is 4.72 Å². The number of hydrogen-bond acceptors (Lipinski definition) is 4. The standard InChI is InChI=1S/C14H23N3O3S/c1-3-16-21(19,20)13-7-5-4-6-12(13)17-14(18)9-8-11(2)10-15/h4-7,11,16H,3,8-10,15H2,1-2H3,(H,17,18). The van der Waals surface area contributed by atoms with Crippen LogP contribution in [0.5, 0.6) is 0 Å². The summed E-state index contributed by atoms with van der Waals surface area (Å²) in [6.07, 6.45) is 0.985. The summed E-state index contributed by atoms with van der Waals surface area (Å²) in [4.78, 5) is 12.0. The normalized spacial score (nSPS) is 12.9. The maximum absolute atomic E-state index is 12.1. The predicted molar refractivity (Wildman–Crippen MR) is 83.4 cm³/mol. The van der Waals surface area contributed by atoms with Crippen LogP contribution in [0.2, 0.25) is 0 Å². The van der Waals surface area contributed by atoms with Crippen molar-refractivity contribution in [2.45, 2.75) is 31.6 Å². The molecule has 1 rings (SSSR count). The number of anilines is 1. The number of sulfonamides is 1. The van der Waals surface area contributed by atoms with Crippen LogP contribution in [0.4, 0.5) is 5.69 Å². The van der Waals surface area contributed by atoms with Crippen LogP contribution in [-0.2, 0) is 14.8 Å². The summed E-state index contributed by atoms with van der Waals surface area (Å²) in [7, 11) is -3.61. The third-order valence-electron chi connectivity index (χ3n) is 3.05. The highest BCUT2D eigenvalue weighted by atomic mass is 32.2. The minimum atomic E-state index is -3.61. The highest BCUT2D eigenvalue weighted by Crippen LogP contribution is 2.21. The number of amides is 1. The molecular weight excluding hydrogens is 290 g/mol. The molecule has 0 aliphatic heterocycles. The summed E-state index contributed by atoms with van der Waals surface area (Å²) in [6, 6.07) is 6.35. The molecule has 0 aliphatic rings. The minimum absolute atomic E-state index is 0.0760. The molecule has 0 heterocycles. The van der Waals surface area contributed by atoms with Crippen molar-refractivity contribution in [2.24, 2.45) is 11.7 Å². The lowest BCUT2D eigenvalue weighted by Gasteiger charge is -2.12. The lowest BCUT2D eigenvalue weighted by atomic mass is 10.1. The Balaban J connectivity index is 2.83. The van der Waals surface area contributed by atoms with Crippen molar-refractivity contribution < 1.29 is 13.2 Å². The number of carbonyl (C=O) groups is 1. The Bertz CT molecular complexity index is 573. The van der Waals surface area contributed by atoms with Crippen LogP contribution in [0.1, 0.15) is 26.7 Å². The van der Waals surface area contributed by atoms with Gasteiger partial charge in [-0.25, -0.2) is 13.1 Å². The highest BCUT2D eigenvalue weighted by molar-refractivity contribution is 7.89. The molecule has 6 nitrogen and oxygen atoms in total. The lowest BCUT2D eigenvalue weighted by Crippen LogP contribution is -2.25. The fourth-order valence-corrected chi connectivity index (χ4v) is 2.98. The number of benzene rings is 1. The molecule has 0 fully saturated rings. The molecule has 1 unspecified atom stereocenters. The van der Waals surface area contributed by atoms with E-state index in [-0.39, 0.29) is 16.7 Å². The Labute approximate surface area is 126 Å². The Kier molecular flexibility index (Phi) is 6.80. The zero-order valence-electron chi connectivity index (χ0n) is 12.4. The number of para-hydroxylation sites is 1. The van der Waals surface area contributed by atoms with Gasteiger partial charge in [-0.15, -0.1) is 0 Å². The van der Waals surface area contributed by atoms with Crippen molar-refractivity contribution in [1.29, 1.82) is 0 Å². The second-order valence-electron chi connectivity index (χ2n) is 4.93. The van der Waals surface area contributed by atoms with Gasteiger partial charge < -0.3 is 11.1 Å². The molecule has 0 radical (unpaired) electrons. The van der Waals surface area contributed by atoms with E-state index >= 15 is 0 Å². The van der Waals surface area contributed by atoms with Crippen molar-refractivity contribution in [3.8, 4) is 0 Å². The molecule has 118 valence electrons. The van der Waals surface area contributed by atoms with Gasteiger partial charge in [0.15, 0.2) is 0 Å². The molecule has 21 heavy (non-hydrogen) atoms. The van der Waals surface area contributed by atoms with Crippen LogP contribution in [0.15, 0.2) is 29.2 Å². The molecule has 4 N–H and O–H groups in total. The predicted octanol–water partition coefficient (Wildman–Crippen LogP) is 1.30. The number of nitrogens with two attached hydrogens (primary N) is 1. The van der Waals surface area contributed by atoms with Crippen LogP contribution < -0.4 is 15.8 Å². The van der Waals surface area contributed by atoms with Crippen molar-refractivity contribution in [3.05, 3.63) is 24.3 Å². The minimum Gasteiger partial charge on any atom is -0.330 e. The second-order valence-corrected chi connectivity index (χ2v) is 6.66. The Hall–Kier alpha value is -1.44. The van der Waals surface area contributed by atoms with E-state index in [2.05, 4.69) is 10.0 Å². The van der Waals surface area contributed by atoms with Gasteiger partial charge >= 0.3 is 0 Å². The van der Waals surface area contributed by atoms with Gasteiger partial charge in [-0.3, -0.25) is 4.79 Å². The van der Waals surface area contributed by atoms with Gasteiger partial charge in [-0.1, -0.05) is 26.0 Å². The quantitative estimate of drug-likeness (QED) is 0.673. The molecule has 7 heteroatoms. The summed E-state index contributed by atoms with van der Waals surface area (Å²) < 4.78 is 26.6. The second kappa shape index (κ2) is 8.11. The molecule has 1 atom stereocenters. The monoisotopic (exact) mass is 313 g/mol. The molecule has 1 amide bonds. The van der Waals surface area contributed by atoms with Gasteiger partial charge in [0.25, 0.3) is 0 Å². The van der Waals surface area contributed by atoms with E-state index in [9.17, 15) is 13.2 Å². The van der Waals surface area contributed by atoms with Gasteiger partial charge in [-0.05, 0) is 31.0 Å². The van der Waals surface area contributed by atoms with E-state index < -0.39 is 10.0 Å². The molecule has 1 aromatic rings. The largest absolute Gasteiger partial charge is 0.330 e. The van der Waals surface area contributed by atoms with Crippen LogP contribution in [0, 0.1) is 5.92 Å². The third kappa shape index (κ3) is 5.45. The first kappa shape index (κ1) is 17.6. The number of carbonyl (C=O) groups excluding carboxylic acids is 1. The van der Waals surface area contributed by atoms with Gasteiger partial charge in [-0.2, -0.15) is 0 Å². The van der Waals surface area contributed by atoms with Gasteiger partial charge in [0, 0.05) is 13.0 Å². The fourth-order valence-electron chi connectivity index (χ4n) is 1.78. The molecule has 0 bridgehead atoms. The highest BCUT2D eigenvalue weighted by Gasteiger charge is 2.18. The molecule has 0 saturated heterocycles. The van der Waals surface area contributed by atoms with Gasteiger partial charge in [0.05, 0.1) is 5.69 Å². The van der Waals surface area contributed by atoms with Gasteiger partial charge in [0.1, 0.15) is 4.90 Å². The average molecular weight is 313 g/mol. The van der Waals surface area contributed by atoms with Crippen molar-refractivity contribution >= 4 is 21.6 Å². The first-order valence-electron chi connectivity index (χ1n) is 6.99. The first-order valence-corrected chi connectivity index (χ1v) is 8.47. The molecular formula is C14H23N3O3S. The van der Waals surface area contributed by atoms with E-state index in [4.69, 9.17) is 5.73 Å². The van der Waals surface area contributed by atoms with Crippen LogP contribution in [0.3, 0.4) is 0 Å². The summed E-state index contributed by atoms with van der Waals surface area (Å²) >= 11 is 0. The SMILES string of the molecule is CCNS(=O)(=O)c1ccccc1NC(=O)CCC(C)CN. The maximum Gasteiger partial charge on any atom is 0.242 e. The lowest BCUT2D eigenvalue weighted by molar-refractivity contribution is -0.116. The van der Waals surface area contributed by atoms with Gasteiger partial charge in [0.2, 0.25) is 15.9 Å². The topological polar surface area (TPSA) is 101 Å². The Morgan fingerprint density at radius 2 is 2.00 bits per heavy atom. The molecule has 0 saturated carbocycles. The molecule has 0 aromatic heterocycles. The zero-order valence-corrected chi connectivity index (χ0v) is 13.2. The third-order valence-corrected chi connectivity index (χ3v) is 4.66.